The number of nitrogens with one attached hydrogen (secondary N) is 1. The summed E-state index contributed by atoms with van der Waals surface area (Å²) in [4.78, 5) is 4.18. The van der Waals surface area contributed by atoms with Crippen molar-refractivity contribution in [1.29, 1.82) is 0 Å². The van der Waals surface area contributed by atoms with Crippen molar-refractivity contribution in [3.63, 3.8) is 0 Å². The number of aromatic nitrogens is 1. The normalized spacial score (nSPS) is 13.6. The lowest BCUT2D eigenvalue weighted by atomic mass is 10.1. The SMILES string of the molecule is CCCNC(CSC(C)(C)C)c1cccnc1N. The molecule has 0 amide bonds. The highest BCUT2D eigenvalue weighted by atomic mass is 32.2. The van der Waals surface area contributed by atoms with Crippen molar-refractivity contribution in [1.82, 2.24) is 10.3 Å². The molecule has 18 heavy (non-hydrogen) atoms. The minimum Gasteiger partial charge on any atom is -0.383 e. The first-order chi connectivity index (χ1) is 8.44. The van der Waals surface area contributed by atoms with Crippen LogP contribution in [0.5, 0.6) is 0 Å². The lowest BCUT2D eigenvalue weighted by molar-refractivity contribution is 0.575. The zero-order valence-electron chi connectivity index (χ0n) is 11.9. The molecule has 1 atom stereocenters. The third-order valence-electron chi connectivity index (χ3n) is 2.57. The maximum absolute atomic E-state index is 5.97. The molecule has 0 aromatic carbocycles. The van der Waals surface area contributed by atoms with Gasteiger partial charge in [0.25, 0.3) is 0 Å². The molecule has 3 nitrogen and oxygen atoms in total. The highest BCUT2D eigenvalue weighted by molar-refractivity contribution is 8.00. The number of hydrogen-bond acceptors (Lipinski definition) is 4. The van der Waals surface area contributed by atoms with E-state index >= 15 is 0 Å². The smallest absolute Gasteiger partial charge is 0.128 e. The van der Waals surface area contributed by atoms with Crippen molar-refractivity contribution in [2.75, 3.05) is 18.0 Å². The third-order valence-corrected chi connectivity index (χ3v) is 3.94. The summed E-state index contributed by atoms with van der Waals surface area (Å²) in [6, 6.07) is 4.30. The van der Waals surface area contributed by atoms with E-state index < -0.39 is 0 Å². The Hall–Kier alpha value is -0.740. The van der Waals surface area contributed by atoms with Gasteiger partial charge in [-0.2, -0.15) is 11.8 Å². The summed E-state index contributed by atoms with van der Waals surface area (Å²) >= 11 is 1.95. The van der Waals surface area contributed by atoms with E-state index in [0.29, 0.717) is 5.82 Å². The number of rotatable bonds is 6. The number of nitrogens with two attached hydrogens (primary N) is 1. The second kappa shape index (κ2) is 7.00. The molecule has 0 saturated heterocycles. The lowest BCUT2D eigenvalue weighted by Gasteiger charge is -2.24. The molecule has 0 saturated carbocycles. The fraction of sp³-hybridized carbons (Fsp3) is 0.643. The lowest BCUT2D eigenvalue weighted by Crippen LogP contribution is -2.27. The van der Waals surface area contributed by atoms with Crippen molar-refractivity contribution in [2.45, 2.75) is 44.9 Å². The van der Waals surface area contributed by atoms with E-state index in [4.69, 9.17) is 5.73 Å². The Morgan fingerprint density at radius 2 is 2.17 bits per heavy atom. The quantitative estimate of drug-likeness (QED) is 0.831. The van der Waals surface area contributed by atoms with Gasteiger partial charge in [-0.25, -0.2) is 4.98 Å². The fourth-order valence-corrected chi connectivity index (χ4v) is 2.60. The van der Waals surface area contributed by atoms with Crippen molar-refractivity contribution in [3.05, 3.63) is 23.9 Å². The molecule has 1 heterocycles. The molecule has 0 aliphatic rings. The molecule has 0 aliphatic carbocycles. The number of pyridine rings is 1. The molecule has 0 bridgehead atoms. The number of nitrogen functional groups attached to an aromatic ring is 1. The van der Waals surface area contributed by atoms with E-state index in [1.54, 1.807) is 6.20 Å². The van der Waals surface area contributed by atoms with E-state index in [0.717, 1.165) is 24.3 Å². The van der Waals surface area contributed by atoms with Crippen LogP contribution in [0.25, 0.3) is 0 Å². The van der Waals surface area contributed by atoms with E-state index in [9.17, 15) is 0 Å². The largest absolute Gasteiger partial charge is 0.383 e. The van der Waals surface area contributed by atoms with Gasteiger partial charge in [0.15, 0.2) is 0 Å². The van der Waals surface area contributed by atoms with Crippen LogP contribution in [0.4, 0.5) is 5.82 Å². The molecule has 102 valence electrons. The predicted octanol–water partition coefficient (Wildman–Crippen LogP) is 3.24. The van der Waals surface area contributed by atoms with Gasteiger partial charge in [0, 0.05) is 28.3 Å². The minimum absolute atomic E-state index is 0.267. The molecule has 3 N–H and O–H groups in total. The van der Waals surface area contributed by atoms with Gasteiger partial charge in [-0.3, -0.25) is 0 Å². The molecule has 4 heteroatoms. The van der Waals surface area contributed by atoms with Gasteiger partial charge in [-0.1, -0.05) is 33.8 Å². The molecular formula is C14H25N3S. The molecule has 1 rings (SSSR count). The van der Waals surface area contributed by atoms with Crippen LogP contribution in [0.1, 0.15) is 45.7 Å². The van der Waals surface area contributed by atoms with Crippen LogP contribution < -0.4 is 11.1 Å². The minimum atomic E-state index is 0.267. The first kappa shape index (κ1) is 15.3. The number of nitrogens with zero attached hydrogens (tertiary/aromatic N) is 1. The number of anilines is 1. The van der Waals surface area contributed by atoms with E-state index in [2.05, 4.69) is 44.1 Å². The highest BCUT2D eigenvalue weighted by Crippen LogP contribution is 2.29. The van der Waals surface area contributed by atoms with Crippen LogP contribution in [0.2, 0.25) is 0 Å². The van der Waals surface area contributed by atoms with Crippen LogP contribution in [0, 0.1) is 0 Å². The van der Waals surface area contributed by atoms with Gasteiger partial charge < -0.3 is 11.1 Å². The monoisotopic (exact) mass is 267 g/mol. The molecule has 1 aromatic heterocycles. The van der Waals surface area contributed by atoms with Crippen LogP contribution in [0.15, 0.2) is 18.3 Å². The topological polar surface area (TPSA) is 50.9 Å². The van der Waals surface area contributed by atoms with Crippen LogP contribution in [-0.4, -0.2) is 22.0 Å². The maximum atomic E-state index is 5.97. The Balaban J connectivity index is 2.75. The third kappa shape index (κ3) is 5.27. The number of thioether (sulfide) groups is 1. The van der Waals surface area contributed by atoms with Gasteiger partial charge in [0.05, 0.1) is 0 Å². The second-order valence-electron chi connectivity index (χ2n) is 5.41. The predicted molar refractivity (Wildman–Crippen MR) is 81.9 cm³/mol. The summed E-state index contributed by atoms with van der Waals surface area (Å²) in [6.07, 6.45) is 2.86. The molecule has 0 radical (unpaired) electrons. The summed E-state index contributed by atoms with van der Waals surface area (Å²) in [6.45, 7) is 9.89. The van der Waals surface area contributed by atoms with Crippen molar-refractivity contribution < 1.29 is 0 Å². The van der Waals surface area contributed by atoms with Crippen molar-refractivity contribution in [2.24, 2.45) is 0 Å². The summed E-state index contributed by atoms with van der Waals surface area (Å²) in [5.41, 5.74) is 7.09. The van der Waals surface area contributed by atoms with E-state index in [1.165, 1.54) is 0 Å². The van der Waals surface area contributed by atoms with Gasteiger partial charge in [0.2, 0.25) is 0 Å². The number of hydrogen-bond donors (Lipinski definition) is 2. The molecule has 0 fully saturated rings. The Morgan fingerprint density at radius 3 is 2.72 bits per heavy atom. The first-order valence-corrected chi connectivity index (χ1v) is 7.50. The van der Waals surface area contributed by atoms with Gasteiger partial charge in [-0.15, -0.1) is 0 Å². The molecule has 0 spiro atoms. The van der Waals surface area contributed by atoms with Crippen LogP contribution >= 0.6 is 11.8 Å². The molecule has 0 aliphatic heterocycles. The molecule has 1 aromatic rings. The van der Waals surface area contributed by atoms with Gasteiger partial charge in [0.1, 0.15) is 5.82 Å². The van der Waals surface area contributed by atoms with Gasteiger partial charge in [-0.05, 0) is 19.0 Å². The Kier molecular flexibility index (Phi) is 5.96. The van der Waals surface area contributed by atoms with Crippen LogP contribution in [0.3, 0.4) is 0 Å². The Bertz CT molecular complexity index is 360. The van der Waals surface area contributed by atoms with Crippen molar-refractivity contribution in [3.8, 4) is 0 Å². The standard InChI is InChI=1S/C14H25N3S/c1-5-8-16-12(10-18-14(2,3)4)11-7-6-9-17-13(11)15/h6-7,9,12,16H,5,8,10H2,1-4H3,(H2,15,17). The zero-order valence-corrected chi connectivity index (χ0v) is 12.7. The van der Waals surface area contributed by atoms with E-state index in [-0.39, 0.29) is 10.8 Å². The Labute approximate surface area is 115 Å². The van der Waals surface area contributed by atoms with Crippen LogP contribution in [-0.2, 0) is 0 Å². The fourth-order valence-electron chi connectivity index (χ4n) is 1.64. The zero-order chi connectivity index (χ0) is 13.6. The second-order valence-corrected chi connectivity index (χ2v) is 7.25. The molecular weight excluding hydrogens is 242 g/mol. The molecule has 1 unspecified atom stereocenters. The maximum Gasteiger partial charge on any atom is 0.128 e. The average Bonchev–Trinajstić information content (AvgIpc) is 2.29. The van der Waals surface area contributed by atoms with Crippen molar-refractivity contribution >= 4 is 17.6 Å². The summed E-state index contributed by atoms with van der Waals surface area (Å²) in [5, 5.41) is 3.56. The highest BCUT2D eigenvalue weighted by Gasteiger charge is 2.18. The summed E-state index contributed by atoms with van der Waals surface area (Å²) in [7, 11) is 0. The van der Waals surface area contributed by atoms with Gasteiger partial charge >= 0.3 is 0 Å². The summed E-state index contributed by atoms with van der Waals surface area (Å²) in [5.74, 6) is 1.65. The van der Waals surface area contributed by atoms with E-state index in [1.807, 2.05) is 17.8 Å². The Morgan fingerprint density at radius 1 is 1.44 bits per heavy atom. The average molecular weight is 267 g/mol. The first-order valence-electron chi connectivity index (χ1n) is 6.51. The summed E-state index contributed by atoms with van der Waals surface area (Å²) < 4.78 is 0.267.